The summed E-state index contributed by atoms with van der Waals surface area (Å²) in [7, 11) is 0. The average molecular weight is 450 g/mol. The third-order valence-electron chi connectivity index (χ3n) is 3.71. The minimum Gasteiger partial charge on any atom is -0.323 e. The van der Waals surface area contributed by atoms with E-state index < -0.39 is 5.82 Å². The predicted octanol–water partition coefficient (Wildman–Crippen LogP) is 4.84. The maximum atomic E-state index is 13.5. The van der Waals surface area contributed by atoms with Crippen molar-refractivity contribution >= 4 is 57.3 Å². The van der Waals surface area contributed by atoms with E-state index in [1.807, 2.05) is 24.3 Å². The van der Waals surface area contributed by atoms with Crippen molar-refractivity contribution in [1.82, 2.24) is 4.98 Å². The standard InChI is InChI=1S/C20H17ClFN3O2S2/c21-14-7-5-13(6-8-14)9-15-10-23-20(29-15)25-19(27)12-28-11-18(26)24-17-4-2-1-3-16(17)22/h1-8,10H,9,11-12H2,(H,24,26)(H,23,25,27). The highest BCUT2D eigenvalue weighted by Gasteiger charge is 2.10. The molecule has 0 bridgehead atoms. The van der Waals surface area contributed by atoms with Crippen molar-refractivity contribution < 1.29 is 14.0 Å². The van der Waals surface area contributed by atoms with Crippen molar-refractivity contribution in [2.45, 2.75) is 6.42 Å². The highest BCUT2D eigenvalue weighted by molar-refractivity contribution is 8.00. The fourth-order valence-corrected chi connectivity index (χ4v) is 4.00. The zero-order valence-corrected chi connectivity index (χ0v) is 17.5. The molecule has 2 aromatic carbocycles. The summed E-state index contributed by atoms with van der Waals surface area (Å²) in [5, 5.41) is 6.40. The molecule has 0 saturated heterocycles. The largest absolute Gasteiger partial charge is 0.323 e. The molecule has 0 saturated carbocycles. The molecule has 0 aliphatic heterocycles. The van der Waals surface area contributed by atoms with E-state index >= 15 is 0 Å². The van der Waals surface area contributed by atoms with Crippen LogP contribution in [0.1, 0.15) is 10.4 Å². The van der Waals surface area contributed by atoms with E-state index in [9.17, 15) is 14.0 Å². The quantitative estimate of drug-likeness (QED) is 0.516. The number of hydrogen-bond acceptors (Lipinski definition) is 5. The van der Waals surface area contributed by atoms with Crippen molar-refractivity contribution in [3.8, 4) is 0 Å². The Bertz CT molecular complexity index is 995. The van der Waals surface area contributed by atoms with Gasteiger partial charge < -0.3 is 10.6 Å². The summed E-state index contributed by atoms with van der Waals surface area (Å²) in [6.45, 7) is 0. The Labute approximate surface area is 180 Å². The topological polar surface area (TPSA) is 71.1 Å². The predicted molar refractivity (Wildman–Crippen MR) is 117 cm³/mol. The molecule has 3 rings (SSSR count). The molecule has 9 heteroatoms. The third-order valence-corrected chi connectivity index (χ3v) is 5.80. The molecule has 29 heavy (non-hydrogen) atoms. The van der Waals surface area contributed by atoms with Crippen LogP contribution in [-0.2, 0) is 16.0 Å². The van der Waals surface area contributed by atoms with Gasteiger partial charge in [0.05, 0.1) is 17.2 Å². The van der Waals surface area contributed by atoms with Gasteiger partial charge in [-0.25, -0.2) is 9.37 Å². The molecule has 3 aromatic rings. The van der Waals surface area contributed by atoms with Crippen LogP contribution in [0, 0.1) is 5.82 Å². The Hall–Kier alpha value is -2.42. The van der Waals surface area contributed by atoms with E-state index in [1.54, 1.807) is 18.3 Å². The summed E-state index contributed by atoms with van der Waals surface area (Å²) in [6.07, 6.45) is 2.43. The lowest BCUT2D eigenvalue weighted by molar-refractivity contribution is -0.114. The number of anilines is 2. The number of carbonyl (C=O) groups excluding carboxylic acids is 2. The molecule has 0 radical (unpaired) electrons. The molecule has 2 amide bonds. The molecular formula is C20H17ClFN3O2S2. The van der Waals surface area contributed by atoms with Crippen molar-refractivity contribution in [2.75, 3.05) is 22.1 Å². The molecule has 2 N–H and O–H groups in total. The highest BCUT2D eigenvalue weighted by Crippen LogP contribution is 2.22. The second-order valence-corrected chi connectivity index (χ2v) is 8.54. The van der Waals surface area contributed by atoms with Crippen molar-refractivity contribution in [3.05, 3.63) is 76.0 Å². The second-order valence-electron chi connectivity index (χ2n) is 6.00. The van der Waals surface area contributed by atoms with E-state index in [0.29, 0.717) is 16.6 Å². The minimum absolute atomic E-state index is 0.0431. The summed E-state index contributed by atoms with van der Waals surface area (Å²) in [5.41, 5.74) is 1.23. The Morgan fingerprint density at radius 1 is 1.03 bits per heavy atom. The van der Waals surface area contributed by atoms with Gasteiger partial charge in [0.15, 0.2) is 5.13 Å². The zero-order valence-electron chi connectivity index (χ0n) is 15.2. The zero-order chi connectivity index (χ0) is 20.6. The van der Waals surface area contributed by atoms with Crippen LogP contribution in [0.15, 0.2) is 54.7 Å². The highest BCUT2D eigenvalue weighted by atomic mass is 35.5. The molecule has 1 heterocycles. The number of nitrogens with one attached hydrogen (secondary N) is 2. The number of thioether (sulfide) groups is 1. The lowest BCUT2D eigenvalue weighted by atomic mass is 10.1. The maximum absolute atomic E-state index is 13.5. The number of para-hydroxylation sites is 1. The molecule has 0 fully saturated rings. The monoisotopic (exact) mass is 449 g/mol. The Balaban J connectivity index is 1.40. The summed E-state index contributed by atoms with van der Waals surface area (Å²) in [6, 6.07) is 13.5. The summed E-state index contributed by atoms with van der Waals surface area (Å²) >= 11 is 8.42. The van der Waals surface area contributed by atoms with Crippen LogP contribution in [0.4, 0.5) is 15.2 Å². The first-order valence-corrected chi connectivity index (χ1v) is 11.0. The van der Waals surface area contributed by atoms with E-state index in [4.69, 9.17) is 11.6 Å². The first-order chi connectivity index (χ1) is 14.0. The number of amides is 2. The van der Waals surface area contributed by atoms with Crippen LogP contribution in [0.25, 0.3) is 0 Å². The molecule has 150 valence electrons. The molecule has 1 aromatic heterocycles. The van der Waals surface area contributed by atoms with Gasteiger partial charge in [0.25, 0.3) is 0 Å². The number of carbonyl (C=O) groups is 2. The van der Waals surface area contributed by atoms with Crippen LogP contribution in [0.2, 0.25) is 5.02 Å². The average Bonchev–Trinajstić information content (AvgIpc) is 3.12. The lowest BCUT2D eigenvalue weighted by Crippen LogP contribution is -2.18. The van der Waals surface area contributed by atoms with Crippen molar-refractivity contribution in [3.63, 3.8) is 0 Å². The summed E-state index contributed by atoms with van der Waals surface area (Å²) in [5.74, 6) is -0.978. The molecule has 0 spiro atoms. The molecule has 0 unspecified atom stereocenters. The van der Waals surface area contributed by atoms with Crippen molar-refractivity contribution in [1.29, 1.82) is 0 Å². The fraction of sp³-hybridized carbons (Fsp3) is 0.150. The number of thiazole rings is 1. The summed E-state index contributed by atoms with van der Waals surface area (Å²) in [4.78, 5) is 29.1. The number of aromatic nitrogens is 1. The molecule has 0 atom stereocenters. The number of halogens is 2. The van der Waals surface area contributed by atoms with Gasteiger partial charge in [0, 0.05) is 22.5 Å². The van der Waals surface area contributed by atoms with Gasteiger partial charge in [0.2, 0.25) is 11.8 Å². The Kier molecular flexibility index (Phi) is 7.62. The number of benzene rings is 2. The van der Waals surface area contributed by atoms with Crippen LogP contribution in [-0.4, -0.2) is 28.3 Å². The SMILES string of the molecule is O=C(CSCC(=O)Nc1ccccc1F)Nc1ncc(Cc2ccc(Cl)cc2)s1. The van der Waals surface area contributed by atoms with Crippen molar-refractivity contribution in [2.24, 2.45) is 0 Å². The van der Waals surface area contributed by atoms with Gasteiger partial charge in [-0.3, -0.25) is 9.59 Å². The first-order valence-electron chi connectivity index (χ1n) is 8.61. The molecule has 0 aliphatic rings. The third kappa shape index (κ3) is 6.85. The lowest BCUT2D eigenvalue weighted by Gasteiger charge is -2.06. The van der Waals surface area contributed by atoms with Crippen LogP contribution in [0.5, 0.6) is 0 Å². The number of rotatable bonds is 8. The Morgan fingerprint density at radius 2 is 1.72 bits per heavy atom. The number of nitrogens with zero attached hydrogens (tertiary/aromatic N) is 1. The van der Waals surface area contributed by atoms with E-state index in [2.05, 4.69) is 15.6 Å². The van der Waals surface area contributed by atoms with Gasteiger partial charge in [-0.15, -0.1) is 23.1 Å². The van der Waals surface area contributed by atoms with Gasteiger partial charge in [-0.05, 0) is 29.8 Å². The second kappa shape index (κ2) is 10.4. The van der Waals surface area contributed by atoms with Gasteiger partial charge in [0.1, 0.15) is 5.82 Å². The normalized spacial score (nSPS) is 10.6. The molecule has 5 nitrogen and oxygen atoms in total. The van der Waals surface area contributed by atoms with E-state index in [-0.39, 0.29) is 29.0 Å². The molecule has 0 aliphatic carbocycles. The summed E-state index contributed by atoms with van der Waals surface area (Å²) < 4.78 is 13.5. The number of hydrogen-bond donors (Lipinski definition) is 2. The van der Waals surface area contributed by atoms with Crippen LogP contribution in [0.3, 0.4) is 0 Å². The van der Waals surface area contributed by atoms with Crippen LogP contribution < -0.4 is 10.6 Å². The van der Waals surface area contributed by atoms with Crippen LogP contribution >= 0.6 is 34.7 Å². The van der Waals surface area contributed by atoms with E-state index in [0.717, 1.165) is 22.2 Å². The maximum Gasteiger partial charge on any atom is 0.236 e. The van der Waals surface area contributed by atoms with E-state index in [1.165, 1.54) is 23.5 Å². The molecular weight excluding hydrogens is 433 g/mol. The fourth-order valence-electron chi connectivity index (χ4n) is 2.39. The minimum atomic E-state index is -0.498. The van der Waals surface area contributed by atoms with Gasteiger partial charge in [-0.2, -0.15) is 0 Å². The van der Waals surface area contributed by atoms with Gasteiger partial charge >= 0.3 is 0 Å². The Morgan fingerprint density at radius 3 is 2.45 bits per heavy atom. The van der Waals surface area contributed by atoms with Gasteiger partial charge in [-0.1, -0.05) is 35.9 Å². The smallest absolute Gasteiger partial charge is 0.236 e. The first kappa shape index (κ1) is 21.3.